The molecule has 1 aromatic heterocycles. The molecule has 1 heterocycles. The molecule has 0 aliphatic rings. The van der Waals surface area contributed by atoms with Gasteiger partial charge in [0.05, 0.1) is 18.3 Å². The molecule has 1 atom stereocenters. The van der Waals surface area contributed by atoms with Gasteiger partial charge in [-0.1, -0.05) is 6.92 Å². The molecule has 0 aliphatic heterocycles. The molecule has 8 heteroatoms. The number of amides is 1. The number of nitrogens with two attached hydrogens (primary N) is 1. The fourth-order valence-electron chi connectivity index (χ4n) is 1.30. The van der Waals surface area contributed by atoms with Gasteiger partial charge in [-0.15, -0.1) is 0 Å². The Morgan fingerprint density at radius 1 is 1.65 bits per heavy atom. The maximum Gasteiger partial charge on any atom is 0.419 e. The van der Waals surface area contributed by atoms with Crippen LogP contribution in [0.25, 0.3) is 0 Å². The van der Waals surface area contributed by atoms with E-state index in [1.165, 1.54) is 0 Å². The van der Waals surface area contributed by atoms with Crippen molar-refractivity contribution >= 4 is 5.91 Å². The van der Waals surface area contributed by atoms with Gasteiger partial charge in [0.2, 0.25) is 5.91 Å². The molecule has 5 nitrogen and oxygen atoms in total. The molecule has 3 N–H and O–H groups in total. The molecule has 0 saturated carbocycles. The lowest BCUT2D eigenvalue weighted by molar-refractivity contribution is -0.137. The van der Waals surface area contributed by atoms with Crippen LogP contribution in [0.5, 0.6) is 0 Å². The second-order valence-electron chi connectivity index (χ2n) is 3.46. The maximum atomic E-state index is 12.3. The molecule has 0 spiro atoms. The first-order valence-electron chi connectivity index (χ1n) is 4.97. The van der Waals surface area contributed by atoms with E-state index in [0.29, 0.717) is 12.7 Å². The zero-order valence-electron chi connectivity index (χ0n) is 9.16. The number of nitrogens with zero attached hydrogens (tertiary/aromatic N) is 2. The molecule has 0 saturated heterocycles. The Morgan fingerprint density at radius 3 is 2.71 bits per heavy atom. The van der Waals surface area contributed by atoms with Crippen LogP contribution >= 0.6 is 0 Å². The topological polar surface area (TPSA) is 72.9 Å². The van der Waals surface area contributed by atoms with E-state index in [0.717, 1.165) is 10.9 Å². The summed E-state index contributed by atoms with van der Waals surface area (Å²) in [5.41, 5.74) is 4.25. The SMILES string of the molecule is CCNC(Cn1cc(C(F)(F)F)cn1)C(N)=O. The summed E-state index contributed by atoms with van der Waals surface area (Å²) in [6.07, 6.45) is -2.88. The van der Waals surface area contributed by atoms with Crippen molar-refractivity contribution < 1.29 is 18.0 Å². The van der Waals surface area contributed by atoms with Gasteiger partial charge in [-0.25, -0.2) is 0 Å². The average molecular weight is 250 g/mol. The number of halogens is 3. The molecule has 96 valence electrons. The predicted octanol–water partition coefficient (Wildman–Crippen LogP) is 0.365. The monoisotopic (exact) mass is 250 g/mol. The number of hydrogen-bond donors (Lipinski definition) is 2. The van der Waals surface area contributed by atoms with Crippen LogP contribution in [-0.4, -0.2) is 28.3 Å². The van der Waals surface area contributed by atoms with Crippen molar-refractivity contribution in [2.45, 2.75) is 25.7 Å². The van der Waals surface area contributed by atoms with Crippen LogP contribution < -0.4 is 11.1 Å². The van der Waals surface area contributed by atoms with Gasteiger partial charge in [-0.2, -0.15) is 18.3 Å². The largest absolute Gasteiger partial charge is 0.419 e. The van der Waals surface area contributed by atoms with Crippen molar-refractivity contribution in [3.8, 4) is 0 Å². The number of carbonyl (C=O) groups excluding carboxylic acids is 1. The van der Waals surface area contributed by atoms with Crippen molar-refractivity contribution in [1.29, 1.82) is 0 Å². The molecule has 0 aromatic carbocycles. The highest BCUT2D eigenvalue weighted by Gasteiger charge is 2.32. The summed E-state index contributed by atoms with van der Waals surface area (Å²) in [5.74, 6) is -0.629. The third kappa shape index (κ3) is 3.74. The normalized spacial score (nSPS) is 13.6. The van der Waals surface area contributed by atoms with E-state index in [1.807, 2.05) is 0 Å². The molecule has 1 amide bonds. The van der Waals surface area contributed by atoms with E-state index in [1.54, 1.807) is 6.92 Å². The summed E-state index contributed by atoms with van der Waals surface area (Å²) >= 11 is 0. The third-order valence-electron chi connectivity index (χ3n) is 2.12. The molecule has 0 aliphatic carbocycles. The van der Waals surface area contributed by atoms with E-state index in [-0.39, 0.29) is 6.54 Å². The van der Waals surface area contributed by atoms with Crippen LogP contribution in [0.3, 0.4) is 0 Å². The number of rotatable bonds is 5. The molecule has 0 bridgehead atoms. The lowest BCUT2D eigenvalue weighted by Gasteiger charge is -2.13. The highest BCUT2D eigenvalue weighted by molar-refractivity contribution is 5.79. The van der Waals surface area contributed by atoms with Crippen molar-refractivity contribution in [2.24, 2.45) is 5.73 Å². The van der Waals surface area contributed by atoms with E-state index in [2.05, 4.69) is 10.4 Å². The fourth-order valence-corrected chi connectivity index (χ4v) is 1.30. The van der Waals surface area contributed by atoms with E-state index in [9.17, 15) is 18.0 Å². The minimum Gasteiger partial charge on any atom is -0.368 e. The summed E-state index contributed by atoms with van der Waals surface area (Å²) in [7, 11) is 0. The second-order valence-corrected chi connectivity index (χ2v) is 3.46. The highest BCUT2D eigenvalue weighted by atomic mass is 19.4. The number of nitrogens with one attached hydrogen (secondary N) is 1. The number of likely N-dealkylation sites (N-methyl/N-ethyl adjacent to an activating group) is 1. The Morgan fingerprint density at radius 2 is 2.29 bits per heavy atom. The first-order valence-corrected chi connectivity index (χ1v) is 4.97. The number of primary amides is 1. The third-order valence-corrected chi connectivity index (χ3v) is 2.12. The Hall–Kier alpha value is -1.57. The van der Waals surface area contributed by atoms with E-state index in [4.69, 9.17) is 5.73 Å². The van der Waals surface area contributed by atoms with E-state index >= 15 is 0 Å². The highest BCUT2D eigenvalue weighted by Crippen LogP contribution is 2.28. The van der Waals surface area contributed by atoms with Gasteiger partial charge >= 0.3 is 6.18 Å². The van der Waals surface area contributed by atoms with Gasteiger partial charge in [-0.05, 0) is 6.54 Å². The Bertz CT molecular complexity index is 388. The summed E-state index contributed by atoms with van der Waals surface area (Å²) < 4.78 is 37.9. The first kappa shape index (κ1) is 13.5. The summed E-state index contributed by atoms with van der Waals surface area (Å²) in [4.78, 5) is 11.0. The van der Waals surface area contributed by atoms with Crippen LogP contribution in [0, 0.1) is 0 Å². The minimum atomic E-state index is -4.43. The first-order chi connectivity index (χ1) is 7.84. The van der Waals surface area contributed by atoms with Crippen LogP contribution in [0.1, 0.15) is 12.5 Å². The quantitative estimate of drug-likeness (QED) is 0.792. The molecule has 0 fully saturated rings. The number of alkyl halides is 3. The van der Waals surface area contributed by atoms with Crippen molar-refractivity contribution in [1.82, 2.24) is 15.1 Å². The van der Waals surface area contributed by atoms with Crippen LogP contribution in [0.4, 0.5) is 13.2 Å². The summed E-state index contributed by atoms with van der Waals surface area (Å²) in [6, 6.07) is -0.735. The number of aromatic nitrogens is 2. The number of hydrogen-bond acceptors (Lipinski definition) is 3. The minimum absolute atomic E-state index is 0.0285. The fraction of sp³-hybridized carbons (Fsp3) is 0.556. The average Bonchev–Trinajstić information content (AvgIpc) is 2.64. The Kier molecular flexibility index (Phi) is 4.11. The van der Waals surface area contributed by atoms with Crippen LogP contribution in [0.2, 0.25) is 0 Å². The molecule has 17 heavy (non-hydrogen) atoms. The molecule has 1 unspecified atom stereocenters. The van der Waals surface area contributed by atoms with Crippen LogP contribution in [-0.2, 0) is 17.5 Å². The van der Waals surface area contributed by atoms with Gasteiger partial charge in [0, 0.05) is 6.20 Å². The van der Waals surface area contributed by atoms with Gasteiger partial charge in [0.25, 0.3) is 0 Å². The van der Waals surface area contributed by atoms with Crippen molar-refractivity contribution in [3.05, 3.63) is 18.0 Å². The van der Waals surface area contributed by atoms with Gasteiger partial charge in [-0.3, -0.25) is 9.48 Å². The van der Waals surface area contributed by atoms with Gasteiger partial charge < -0.3 is 11.1 Å². The molecular formula is C9H13F3N4O. The number of carbonyl (C=O) groups is 1. The summed E-state index contributed by atoms with van der Waals surface area (Å²) in [5, 5.41) is 6.30. The lowest BCUT2D eigenvalue weighted by atomic mass is 10.3. The van der Waals surface area contributed by atoms with Gasteiger partial charge in [0.1, 0.15) is 6.04 Å². The maximum absolute atomic E-state index is 12.3. The van der Waals surface area contributed by atoms with Crippen LogP contribution in [0.15, 0.2) is 12.4 Å². The van der Waals surface area contributed by atoms with Crippen molar-refractivity contribution in [2.75, 3.05) is 6.54 Å². The molecule has 0 radical (unpaired) electrons. The second kappa shape index (κ2) is 5.17. The molecule has 1 aromatic rings. The zero-order chi connectivity index (χ0) is 13.1. The Labute approximate surface area is 95.8 Å². The standard InChI is InChI=1S/C9H13F3N4O/c1-2-14-7(8(13)17)5-16-4-6(3-15-16)9(10,11)12/h3-4,7,14H,2,5H2,1H3,(H2,13,17). The van der Waals surface area contributed by atoms with Gasteiger partial charge in [0.15, 0.2) is 0 Å². The predicted molar refractivity (Wildman–Crippen MR) is 53.9 cm³/mol. The summed E-state index contributed by atoms with van der Waals surface area (Å²) in [6.45, 7) is 2.22. The smallest absolute Gasteiger partial charge is 0.368 e. The molecular weight excluding hydrogens is 237 g/mol. The Balaban J connectivity index is 2.74. The lowest BCUT2D eigenvalue weighted by Crippen LogP contribution is -2.44. The van der Waals surface area contributed by atoms with E-state index < -0.39 is 23.7 Å². The zero-order valence-corrected chi connectivity index (χ0v) is 9.16. The van der Waals surface area contributed by atoms with Crippen molar-refractivity contribution in [3.63, 3.8) is 0 Å². The molecule has 1 rings (SSSR count).